The SMILES string of the molecule is N#Cc1cccc(C23CC(C(F)(F)C(O)(Cn4ncnn4)c4ccc(F)cc4F)(C2)C3)c1. The zero-order valence-electron chi connectivity index (χ0n) is 16.6. The molecule has 3 aliphatic carbocycles. The number of alkyl halides is 2. The summed E-state index contributed by atoms with van der Waals surface area (Å²) in [4.78, 5) is 0.758. The number of tetrazole rings is 1. The highest BCUT2D eigenvalue weighted by Gasteiger charge is 2.82. The van der Waals surface area contributed by atoms with Crippen molar-refractivity contribution in [1.82, 2.24) is 20.2 Å². The summed E-state index contributed by atoms with van der Waals surface area (Å²) in [5, 5.41) is 31.1. The highest BCUT2D eigenvalue weighted by Crippen LogP contribution is 2.80. The third-order valence-corrected chi connectivity index (χ3v) is 6.96. The van der Waals surface area contributed by atoms with E-state index in [1.54, 1.807) is 24.3 Å². The summed E-state index contributed by atoms with van der Waals surface area (Å²) in [7, 11) is 0. The minimum atomic E-state index is -3.79. The van der Waals surface area contributed by atoms with Gasteiger partial charge in [-0.15, -0.1) is 10.2 Å². The first-order valence-electron chi connectivity index (χ1n) is 9.92. The Morgan fingerprint density at radius 1 is 1.12 bits per heavy atom. The second-order valence-corrected chi connectivity index (χ2v) is 8.81. The molecule has 0 radical (unpaired) electrons. The van der Waals surface area contributed by atoms with Crippen LogP contribution in [-0.2, 0) is 17.6 Å². The Bertz CT molecular complexity index is 1220. The number of hydrogen-bond donors (Lipinski definition) is 1. The Kier molecular flexibility index (Phi) is 4.24. The lowest BCUT2D eigenvalue weighted by Crippen LogP contribution is -2.76. The van der Waals surface area contributed by atoms with Crippen molar-refractivity contribution in [2.75, 3.05) is 0 Å². The molecule has 3 aliphatic rings. The topological polar surface area (TPSA) is 87.6 Å². The summed E-state index contributed by atoms with van der Waals surface area (Å²) in [5.41, 5.74) is -4.62. The summed E-state index contributed by atoms with van der Waals surface area (Å²) in [6.45, 7) is -0.860. The number of hydrogen-bond acceptors (Lipinski definition) is 5. The second kappa shape index (κ2) is 6.59. The standard InChI is InChI=1S/C22H17F4N5O/c23-16-4-5-17(18(24)7-16)21(32,12-31-29-13-28-30-31)22(25,26)20-9-19(10-20,11-20)15-3-1-2-14(6-15)8-27/h1-7,13,32H,9-12H2. The van der Waals surface area contributed by atoms with Crippen molar-refractivity contribution in [3.05, 3.63) is 77.1 Å². The summed E-state index contributed by atoms with van der Waals surface area (Å²) >= 11 is 0. The predicted octanol–water partition coefficient (Wildman–Crippen LogP) is 3.47. The van der Waals surface area contributed by atoms with Gasteiger partial charge in [-0.1, -0.05) is 12.1 Å². The van der Waals surface area contributed by atoms with Crippen LogP contribution in [0.1, 0.15) is 36.0 Å². The molecule has 3 fully saturated rings. The van der Waals surface area contributed by atoms with E-state index in [4.69, 9.17) is 5.26 Å². The number of nitrogens with zero attached hydrogens (tertiary/aromatic N) is 5. The van der Waals surface area contributed by atoms with Crippen molar-refractivity contribution in [2.45, 2.75) is 42.7 Å². The van der Waals surface area contributed by atoms with E-state index in [1.165, 1.54) is 0 Å². The Labute approximate surface area is 180 Å². The van der Waals surface area contributed by atoms with E-state index < -0.39 is 46.1 Å². The Balaban J connectivity index is 1.52. The van der Waals surface area contributed by atoms with Crippen molar-refractivity contribution in [1.29, 1.82) is 5.26 Å². The van der Waals surface area contributed by atoms with Crippen LogP contribution in [0, 0.1) is 28.4 Å². The number of aliphatic hydroxyl groups is 1. The molecule has 1 aromatic heterocycles. The van der Waals surface area contributed by atoms with E-state index in [0.29, 0.717) is 11.6 Å². The number of rotatable bonds is 6. The smallest absolute Gasteiger partial charge is 0.287 e. The van der Waals surface area contributed by atoms with E-state index in [-0.39, 0.29) is 19.3 Å². The Hall–Kier alpha value is -3.32. The van der Waals surface area contributed by atoms with E-state index in [0.717, 1.165) is 28.8 Å². The van der Waals surface area contributed by atoms with Gasteiger partial charge in [0.1, 0.15) is 18.2 Å². The molecular weight excluding hydrogens is 426 g/mol. The van der Waals surface area contributed by atoms with E-state index in [9.17, 15) is 13.9 Å². The van der Waals surface area contributed by atoms with Gasteiger partial charge in [0.15, 0.2) is 11.9 Å². The Morgan fingerprint density at radius 3 is 2.50 bits per heavy atom. The molecule has 1 heterocycles. The fourth-order valence-corrected chi connectivity index (χ4v) is 5.43. The van der Waals surface area contributed by atoms with Gasteiger partial charge >= 0.3 is 0 Å². The molecule has 0 amide bonds. The van der Waals surface area contributed by atoms with Gasteiger partial charge in [-0.2, -0.15) is 10.1 Å². The zero-order valence-corrected chi connectivity index (χ0v) is 16.6. The molecule has 32 heavy (non-hydrogen) atoms. The van der Waals surface area contributed by atoms with Crippen LogP contribution >= 0.6 is 0 Å². The fraction of sp³-hybridized carbons (Fsp3) is 0.364. The largest absolute Gasteiger partial charge is 0.377 e. The maximum Gasteiger partial charge on any atom is 0.287 e. The first-order valence-corrected chi connectivity index (χ1v) is 9.92. The monoisotopic (exact) mass is 443 g/mol. The van der Waals surface area contributed by atoms with Gasteiger partial charge in [-0.25, -0.2) is 17.6 Å². The molecule has 3 aromatic rings. The van der Waals surface area contributed by atoms with Gasteiger partial charge in [0, 0.05) is 17.0 Å². The van der Waals surface area contributed by atoms with Crippen LogP contribution in [0.15, 0.2) is 48.8 Å². The van der Waals surface area contributed by atoms with Crippen LogP contribution in [0.4, 0.5) is 17.6 Å². The van der Waals surface area contributed by atoms with Crippen molar-refractivity contribution in [3.63, 3.8) is 0 Å². The molecule has 164 valence electrons. The minimum absolute atomic E-state index is 0.0673. The summed E-state index contributed by atoms with van der Waals surface area (Å²) in [6, 6.07) is 11.0. The van der Waals surface area contributed by atoms with Crippen LogP contribution in [0.25, 0.3) is 0 Å². The zero-order chi connectivity index (χ0) is 22.8. The van der Waals surface area contributed by atoms with Crippen LogP contribution in [0.2, 0.25) is 0 Å². The maximum atomic E-state index is 16.1. The van der Waals surface area contributed by atoms with Crippen LogP contribution in [0.3, 0.4) is 0 Å². The molecule has 2 bridgehead atoms. The van der Waals surface area contributed by atoms with Crippen LogP contribution in [-0.4, -0.2) is 31.2 Å². The first-order chi connectivity index (χ1) is 15.1. The second-order valence-electron chi connectivity index (χ2n) is 8.81. The molecule has 1 unspecified atom stereocenters. The molecule has 3 saturated carbocycles. The third kappa shape index (κ3) is 2.64. The van der Waals surface area contributed by atoms with Gasteiger partial charge < -0.3 is 5.11 Å². The van der Waals surface area contributed by atoms with Crippen molar-refractivity contribution in [3.8, 4) is 6.07 Å². The molecule has 2 aromatic carbocycles. The average molecular weight is 443 g/mol. The number of halogens is 4. The van der Waals surface area contributed by atoms with E-state index >= 15 is 8.78 Å². The predicted molar refractivity (Wildman–Crippen MR) is 102 cm³/mol. The normalized spacial score (nSPS) is 25.9. The molecule has 0 aliphatic heterocycles. The van der Waals surface area contributed by atoms with E-state index in [2.05, 4.69) is 15.4 Å². The molecular formula is C22H17F4N5O. The van der Waals surface area contributed by atoms with Gasteiger partial charge in [0.05, 0.1) is 11.6 Å². The molecule has 6 nitrogen and oxygen atoms in total. The molecule has 1 N–H and O–H groups in total. The lowest BCUT2D eigenvalue weighted by molar-refractivity contribution is -0.348. The number of nitriles is 1. The summed E-state index contributed by atoms with van der Waals surface area (Å²) in [6.07, 6.45) is 1.21. The van der Waals surface area contributed by atoms with Crippen LogP contribution in [0.5, 0.6) is 0 Å². The summed E-state index contributed by atoms with van der Waals surface area (Å²) in [5.74, 6) is -6.02. The number of benzene rings is 2. The van der Waals surface area contributed by atoms with Crippen molar-refractivity contribution >= 4 is 0 Å². The van der Waals surface area contributed by atoms with Gasteiger partial charge in [-0.05, 0) is 59.7 Å². The maximum absolute atomic E-state index is 16.1. The first kappa shape index (κ1) is 20.6. The lowest BCUT2D eigenvalue weighted by atomic mass is 9.30. The van der Waals surface area contributed by atoms with Gasteiger partial charge in [0.2, 0.25) is 0 Å². The minimum Gasteiger partial charge on any atom is -0.377 e. The van der Waals surface area contributed by atoms with Gasteiger partial charge in [-0.3, -0.25) is 0 Å². The highest BCUT2D eigenvalue weighted by atomic mass is 19.3. The molecule has 0 spiro atoms. The van der Waals surface area contributed by atoms with Gasteiger partial charge in [0.25, 0.3) is 5.92 Å². The number of aromatic nitrogens is 4. The van der Waals surface area contributed by atoms with Crippen molar-refractivity contribution < 1.29 is 22.7 Å². The lowest BCUT2D eigenvalue weighted by Gasteiger charge is -2.74. The molecule has 10 heteroatoms. The van der Waals surface area contributed by atoms with E-state index in [1.807, 2.05) is 6.07 Å². The van der Waals surface area contributed by atoms with Crippen molar-refractivity contribution in [2.24, 2.45) is 5.41 Å². The fourth-order valence-electron chi connectivity index (χ4n) is 5.43. The molecule has 1 atom stereocenters. The average Bonchev–Trinajstić information content (AvgIpc) is 3.18. The molecule has 6 rings (SSSR count). The summed E-state index contributed by atoms with van der Waals surface area (Å²) < 4.78 is 60.2. The Morgan fingerprint density at radius 2 is 1.88 bits per heavy atom. The van der Waals surface area contributed by atoms with Crippen LogP contribution < -0.4 is 0 Å². The highest BCUT2D eigenvalue weighted by molar-refractivity contribution is 5.46. The quantitative estimate of drug-likeness (QED) is 0.590. The third-order valence-electron chi connectivity index (χ3n) is 6.96. The molecule has 0 saturated heterocycles.